The van der Waals surface area contributed by atoms with E-state index < -0.39 is 5.97 Å². The van der Waals surface area contributed by atoms with E-state index in [9.17, 15) is 4.79 Å². The molecular weight excluding hydrogens is 266 g/mol. The molecule has 0 saturated carbocycles. The van der Waals surface area contributed by atoms with Gasteiger partial charge in [-0.1, -0.05) is 0 Å². The number of nitrogens with zero attached hydrogens (tertiary/aromatic N) is 4. The van der Waals surface area contributed by atoms with Crippen molar-refractivity contribution in [1.29, 1.82) is 5.26 Å². The van der Waals surface area contributed by atoms with E-state index in [0.29, 0.717) is 10.8 Å². The number of nitrogens with one attached hydrogen (secondary N) is 1. The average Bonchev–Trinajstić information content (AvgIpc) is 2.89. The zero-order valence-corrected chi connectivity index (χ0v) is 10.7. The second kappa shape index (κ2) is 5.41. The van der Waals surface area contributed by atoms with Crippen LogP contribution in [0.4, 0.5) is 5.82 Å². The van der Waals surface area contributed by atoms with Gasteiger partial charge in [0.15, 0.2) is 17.2 Å². The van der Waals surface area contributed by atoms with Crippen LogP contribution in [0.25, 0.3) is 0 Å². The van der Waals surface area contributed by atoms with E-state index in [2.05, 4.69) is 20.3 Å². The van der Waals surface area contributed by atoms with Gasteiger partial charge in [0.25, 0.3) is 0 Å². The third kappa shape index (κ3) is 2.83. The van der Waals surface area contributed by atoms with Gasteiger partial charge in [0.05, 0.1) is 6.04 Å². The molecule has 1 atom stereocenters. The van der Waals surface area contributed by atoms with Crippen molar-refractivity contribution in [3.8, 4) is 6.07 Å². The number of rotatable bonds is 4. The molecule has 1 unspecified atom stereocenters. The van der Waals surface area contributed by atoms with Crippen LogP contribution in [0.2, 0.25) is 0 Å². The quantitative estimate of drug-likeness (QED) is 0.872. The number of aromatic nitrogens is 3. The lowest BCUT2D eigenvalue weighted by Crippen LogP contribution is -2.10. The monoisotopic (exact) mass is 275 g/mol. The van der Waals surface area contributed by atoms with E-state index in [0.717, 1.165) is 0 Å². The molecule has 96 valence electrons. The minimum atomic E-state index is -1.06. The summed E-state index contributed by atoms with van der Waals surface area (Å²) >= 11 is 1.23. The number of carboxylic acid groups (broad SMARTS) is 1. The van der Waals surface area contributed by atoms with Gasteiger partial charge in [-0.2, -0.15) is 5.26 Å². The van der Waals surface area contributed by atoms with Crippen molar-refractivity contribution in [2.75, 3.05) is 5.32 Å². The lowest BCUT2D eigenvalue weighted by atomic mass is 10.3. The lowest BCUT2D eigenvalue weighted by molar-refractivity contribution is 0.0691. The Morgan fingerprint density at radius 2 is 2.26 bits per heavy atom. The largest absolute Gasteiger partial charge is 0.476 e. The number of carboxylic acids is 1. The highest BCUT2D eigenvalue weighted by Gasteiger charge is 2.15. The highest BCUT2D eigenvalue weighted by atomic mass is 32.1. The van der Waals surface area contributed by atoms with Crippen LogP contribution in [0.5, 0.6) is 0 Å². The molecule has 8 heteroatoms. The first-order chi connectivity index (χ1) is 9.11. The molecule has 0 amide bonds. The van der Waals surface area contributed by atoms with Crippen LogP contribution in [0.3, 0.4) is 0 Å². The van der Waals surface area contributed by atoms with Crippen molar-refractivity contribution in [3.05, 3.63) is 34.2 Å². The van der Waals surface area contributed by atoms with Gasteiger partial charge < -0.3 is 10.4 Å². The summed E-state index contributed by atoms with van der Waals surface area (Å²) in [6, 6.07) is 1.67. The molecule has 0 aliphatic carbocycles. The van der Waals surface area contributed by atoms with Crippen LogP contribution >= 0.6 is 11.3 Å². The third-order valence-electron chi connectivity index (χ3n) is 2.27. The van der Waals surface area contributed by atoms with Gasteiger partial charge in [-0.3, -0.25) is 0 Å². The molecule has 7 nitrogen and oxygen atoms in total. The Bertz CT molecular complexity index is 649. The van der Waals surface area contributed by atoms with Crippen molar-refractivity contribution in [2.24, 2.45) is 0 Å². The van der Waals surface area contributed by atoms with E-state index in [4.69, 9.17) is 10.4 Å². The number of anilines is 1. The van der Waals surface area contributed by atoms with Crippen molar-refractivity contribution < 1.29 is 9.90 Å². The standard InChI is InChI=1S/C11H9N5O2S/c1-6(10-16-8(5-19-10)11(17)18)15-9-7(4-12)13-2-3-14-9/h2-3,5-6H,1H3,(H,14,15)(H,17,18). The molecule has 0 aliphatic heterocycles. The van der Waals surface area contributed by atoms with Crippen LogP contribution in [0, 0.1) is 11.3 Å². The predicted molar refractivity (Wildman–Crippen MR) is 67.9 cm³/mol. The average molecular weight is 275 g/mol. The Morgan fingerprint density at radius 1 is 1.53 bits per heavy atom. The van der Waals surface area contributed by atoms with Crippen molar-refractivity contribution >= 4 is 23.1 Å². The lowest BCUT2D eigenvalue weighted by Gasteiger charge is -2.11. The maximum atomic E-state index is 10.8. The number of thiazole rings is 1. The number of aromatic carboxylic acids is 1. The number of nitriles is 1. The summed E-state index contributed by atoms with van der Waals surface area (Å²) in [5, 5.41) is 22.8. The van der Waals surface area contributed by atoms with Gasteiger partial charge in [-0.25, -0.2) is 19.7 Å². The van der Waals surface area contributed by atoms with Gasteiger partial charge in [-0.15, -0.1) is 11.3 Å². The molecule has 0 aromatic carbocycles. The molecule has 19 heavy (non-hydrogen) atoms. The van der Waals surface area contributed by atoms with Gasteiger partial charge in [0.1, 0.15) is 11.1 Å². The number of carbonyl (C=O) groups is 1. The topological polar surface area (TPSA) is 112 Å². The fraction of sp³-hybridized carbons (Fsp3) is 0.182. The van der Waals surface area contributed by atoms with Crippen LogP contribution in [-0.4, -0.2) is 26.0 Å². The summed E-state index contributed by atoms with van der Waals surface area (Å²) in [5.41, 5.74) is 0.192. The van der Waals surface area contributed by atoms with Crippen molar-refractivity contribution in [2.45, 2.75) is 13.0 Å². The second-order valence-corrected chi connectivity index (χ2v) is 4.50. The fourth-order valence-corrected chi connectivity index (χ4v) is 2.18. The molecular formula is C11H9N5O2S. The van der Waals surface area contributed by atoms with Crippen LogP contribution in [0.1, 0.15) is 34.2 Å². The predicted octanol–water partition coefficient (Wildman–Crippen LogP) is 1.68. The Labute approximate surface area is 112 Å². The van der Waals surface area contributed by atoms with E-state index >= 15 is 0 Å². The highest BCUT2D eigenvalue weighted by molar-refractivity contribution is 7.09. The summed E-state index contributed by atoms with van der Waals surface area (Å²) in [6.45, 7) is 1.81. The summed E-state index contributed by atoms with van der Waals surface area (Å²) < 4.78 is 0. The first kappa shape index (κ1) is 12.9. The maximum absolute atomic E-state index is 10.8. The van der Waals surface area contributed by atoms with Crippen LogP contribution < -0.4 is 5.32 Å². The molecule has 0 aliphatic rings. The van der Waals surface area contributed by atoms with Crippen molar-refractivity contribution in [3.63, 3.8) is 0 Å². The molecule has 2 aromatic heterocycles. The van der Waals surface area contributed by atoms with E-state index in [-0.39, 0.29) is 17.4 Å². The summed E-state index contributed by atoms with van der Waals surface area (Å²) in [6.07, 6.45) is 2.90. The van der Waals surface area contributed by atoms with Gasteiger partial charge in [-0.05, 0) is 6.92 Å². The van der Waals surface area contributed by atoms with Gasteiger partial charge in [0.2, 0.25) is 0 Å². The minimum Gasteiger partial charge on any atom is -0.476 e. The number of hydrogen-bond donors (Lipinski definition) is 2. The zero-order chi connectivity index (χ0) is 13.8. The minimum absolute atomic E-state index is 0.00769. The summed E-state index contributed by atoms with van der Waals surface area (Å²) in [4.78, 5) is 22.6. The van der Waals surface area contributed by atoms with E-state index in [1.807, 2.05) is 6.07 Å². The molecule has 0 fully saturated rings. The zero-order valence-electron chi connectivity index (χ0n) is 9.86. The first-order valence-corrected chi connectivity index (χ1v) is 6.16. The fourth-order valence-electron chi connectivity index (χ4n) is 1.38. The Morgan fingerprint density at radius 3 is 2.89 bits per heavy atom. The second-order valence-electron chi connectivity index (χ2n) is 3.61. The van der Waals surface area contributed by atoms with Crippen LogP contribution in [0.15, 0.2) is 17.8 Å². The molecule has 2 heterocycles. The van der Waals surface area contributed by atoms with Gasteiger partial charge in [0, 0.05) is 17.8 Å². The molecule has 0 spiro atoms. The molecule has 2 rings (SSSR count). The molecule has 0 radical (unpaired) electrons. The normalized spacial score (nSPS) is 11.6. The van der Waals surface area contributed by atoms with E-state index in [1.54, 1.807) is 6.92 Å². The molecule has 2 N–H and O–H groups in total. The molecule has 0 bridgehead atoms. The maximum Gasteiger partial charge on any atom is 0.355 e. The Balaban J connectivity index is 2.18. The van der Waals surface area contributed by atoms with Gasteiger partial charge >= 0.3 is 5.97 Å². The number of hydrogen-bond acceptors (Lipinski definition) is 7. The summed E-state index contributed by atoms with van der Waals surface area (Å²) in [5.74, 6) is -0.712. The van der Waals surface area contributed by atoms with Crippen molar-refractivity contribution in [1.82, 2.24) is 15.0 Å². The molecule has 0 saturated heterocycles. The highest BCUT2D eigenvalue weighted by Crippen LogP contribution is 2.22. The summed E-state index contributed by atoms with van der Waals surface area (Å²) in [7, 11) is 0. The SMILES string of the molecule is CC(Nc1nccnc1C#N)c1nc(C(=O)O)cs1. The first-order valence-electron chi connectivity index (χ1n) is 5.28. The third-order valence-corrected chi connectivity index (χ3v) is 3.30. The smallest absolute Gasteiger partial charge is 0.355 e. The van der Waals surface area contributed by atoms with Crippen LogP contribution in [-0.2, 0) is 0 Å². The Hall–Kier alpha value is -2.53. The molecule has 2 aromatic rings. The Kier molecular flexibility index (Phi) is 3.68. The van der Waals surface area contributed by atoms with E-state index in [1.165, 1.54) is 29.1 Å².